The minimum Gasteiger partial charge on any atom is -0.342 e. The fourth-order valence-electron chi connectivity index (χ4n) is 2.52. The third-order valence-electron chi connectivity index (χ3n) is 4.04. The van der Waals surface area contributed by atoms with E-state index in [1.54, 1.807) is 0 Å². The number of carbonyl (C=O) groups excluding carboxylic acids is 1. The molecule has 0 bridgehead atoms. The molecule has 3 nitrogen and oxygen atoms in total. The van der Waals surface area contributed by atoms with E-state index in [0.717, 1.165) is 5.25 Å². The zero-order chi connectivity index (χ0) is 12.3. The van der Waals surface area contributed by atoms with Crippen molar-refractivity contribution in [3.05, 3.63) is 0 Å². The standard InChI is InChI=1S/C13H24N2OS/c1-15(11-5-6-11)13(16)9-14-10-3-7-12(17-2)8-4-10/h10-12,14H,3-9H2,1-2H3. The largest absolute Gasteiger partial charge is 0.342 e. The van der Waals surface area contributed by atoms with Crippen LogP contribution in [0.15, 0.2) is 0 Å². The number of nitrogens with one attached hydrogen (secondary N) is 1. The summed E-state index contributed by atoms with van der Waals surface area (Å²) in [6.45, 7) is 0.529. The minimum atomic E-state index is 0.263. The number of amides is 1. The number of carbonyl (C=O) groups is 1. The maximum Gasteiger partial charge on any atom is 0.236 e. The summed E-state index contributed by atoms with van der Waals surface area (Å²) in [5.74, 6) is 0.263. The van der Waals surface area contributed by atoms with Crippen molar-refractivity contribution in [1.29, 1.82) is 0 Å². The molecule has 2 rings (SSSR count). The van der Waals surface area contributed by atoms with Crippen LogP contribution in [0.4, 0.5) is 0 Å². The third-order valence-corrected chi connectivity index (χ3v) is 5.18. The Kier molecular flexibility index (Phi) is 4.74. The highest BCUT2D eigenvalue weighted by atomic mass is 32.2. The second-order valence-corrected chi connectivity index (χ2v) is 6.46. The summed E-state index contributed by atoms with van der Waals surface area (Å²) < 4.78 is 0. The molecule has 0 unspecified atom stereocenters. The van der Waals surface area contributed by atoms with Gasteiger partial charge in [0.15, 0.2) is 0 Å². The molecule has 2 fully saturated rings. The molecule has 2 aliphatic rings. The first-order valence-electron chi connectivity index (χ1n) is 6.72. The number of hydrogen-bond acceptors (Lipinski definition) is 3. The molecule has 98 valence electrons. The van der Waals surface area contributed by atoms with E-state index in [1.165, 1.54) is 38.5 Å². The summed E-state index contributed by atoms with van der Waals surface area (Å²) in [4.78, 5) is 13.8. The normalized spacial score (nSPS) is 29.1. The van der Waals surface area contributed by atoms with Crippen molar-refractivity contribution in [3.8, 4) is 0 Å². The molecule has 1 N–H and O–H groups in total. The van der Waals surface area contributed by atoms with E-state index >= 15 is 0 Å². The lowest BCUT2D eigenvalue weighted by Gasteiger charge is -2.28. The van der Waals surface area contributed by atoms with Gasteiger partial charge in [0.25, 0.3) is 0 Å². The molecule has 0 aromatic rings. The van der Waals surface area contributed by atoms with Crippen LogP contribution in [0.25, 0.3) is 0 Å². The van der Waals surface area contributed by atoms with Gasteiger partial charge in [-0.15, -0.1) is 0 Å². The lowest BCUT2D eigenvalue weighted by atomic mass is 9.95. The van der Waals surface area contributed by atoms with Gasteiger partial charge in [0, 0.05) is 24.4 Å². The zero-order valence-electron chi connectivity index (χ0n) is 10.9. The summed E-state index contributed by atoms with van der Waals surface area (Å²) >= 11 is 1.99. The van der Waals surface area contributed by atoms with Crippen molar-refractivity contribution in [2.24, 2.45) is 0 Å². The first kappa shape index (κ1) is 13.2. The molecule has 2 aliphatic carbocycles. The third kappa shape index (κ3) is 3.88. The Bertz CT molecular complexity index is 260. The van der Waals surface area contributed by atoms with Crippen LogP contribution in [-0.4, -0.2) is 48.0 Å². The van der Waals surface area contributed by atoms with Gasteiger partial charge in [-0.25, -0.2) is 0 Å². The first-order valence-corrected chi connectivity index (χ1v) is 8.01. The van der Waals surface area contributed by atoms with E-state index in [1.807, 2.05) is 23.7 Å². The number of rotatable bonds is 5. The van der Waals surface area contributed by atoms with Crippen LogP contribution in [-0.2, 0) is 4.79 Å². The van der Waals surface area contributed by atoms with Gasteiger partial charge in [-0.1, -0.05) is 0 Å². The van der Waals surface area contributed by atoms with Crippen molar-refractivity contribution in [2.45, 2.75) is 55.9 Å². The maximum absolute atomic E-state index is 11.8. The number of hydrogen-bond donors (Lipinski definition) is 1. The fourth-order valence-corrected chi connectivity index (χ4v) is 3.27. The van der Waals surface area contributed by atoms with Gasteiger partial charge >= 0.3 is 0 Å². The summed E-state index contributed by atoms with van der Waals surface area (Å²) in [6.07, 6.45) is 9.64. The summed E-state index contributed by atoms with van der Waals surface area (Å²) in [7, 11) is 1.94. The molecule has 0 heterocycles. The quantitative estimate of drug-likeness (QED) is 0.815. The van der Waals surface area contributed by atoms with Crippen LogP contribution in [0, 0.1) is 0 Å². The summed E-state index contributed by atoms with van der Waals surface area (Å²) in [5.41, 5.74) is 0. The predicted octanol–water partition coefficient (Wildman–Crippen LogP) is 1.87. The van der Waals surface area contributed by atoms with Crippen LogP contribution < -0.4 is 5.32 Å². The number of thioether (sulfide) groups is 1. The first-order chi connectivity index (χ1) is 8.20. The lowest BCUT2D eigenvalue weighted by Crippen LogP contribution is -2.42. The van der Waals surface area contributed by atoms with Crippen molar-refractivity contribution in [2.75, 3.05) is 19.8 Å². The van der Waals surface area contributed by atoms with Gasteiger partial charge in [0.05, 0.1) is 6.54 Å². The molecule has 1 amide bonds. The zero-order valence-corrected chi connectivity index (χ0v) is 11.8. The average molecular weight is 256 g/mol. The predicted molar refractivity (Wildman–Crippen MR) is 73.4 cm³/mol. The van der Waals surface area contributed by atoms with E-state index in [4.69, 9.17) is 0 Å². The van der Waals surface area contributed by atoms with Crippen LogP contribution in [0.5, 0.6) is 0 Å². The molecule has 17 heavy (non-hydrogen) atoms. The Morgan fingerprint density at radius 2 is 1.88 bits per heavy atom. The molecule has 0 aliphatic heterocycles. The topological polar surface area (TPSA) is 32.3 Å². The molecule has 0 radical (unpaired) electrons. The van der Waals surface area contributed by atoms with E-state index in [0.29, 0.717) is 18.6 Å². The Morgan fingerprint density at radius 1 is 1.24 bits per heavy atom. The Hall–Kier alpha value is -0.220. The van der Waals surface area contributed by atoms with Gasteiger partial charge in [-0.05, 0) is 44.8 Å². The van der Waals surface area contributed by atoms with Gasteiger partial charge in [-0.2, -0.15) is 11.8 Å². The molecule has 0 spiro atoms. The van der Waals surface area contributed by atoms with Gasteiger partial charge in [0.1, 0.15) is 0 Å². The van der Waals surface area contributed by atoms with Crippen molar-refractivity contribution in [1.82, 2.24) is 10.2 Å². The highest BCUT2D eigenvalue weighted by molar-refractivity contribution is 7.99. The Morgan fingerprint density at radius 3 is 2.41 bits per heavy atom. The molecule has 2 saturated carbocycles. The Labute approximate surface area is 109 Å². The maximum atomic E-state index is 11.8. The van der Waals surface area contributed by atoms with E-state index in [9.17, 15) is 4.79 Å². The van der Waals surface area contributed by atoms with Crippen LogP contribution in [0.3, 0.4) is 0 Å². The number of likely N-dealkylation sites (N-methyl/N-ethyl adjacent to an activating group) is 1. The van der Waals surface area contributed by atoms with Crippen LogP contribution in [0.2, 0.25) is 0 Å². The van der Waals surface area contributed by atoms with Crippen molar-refractivity contribution < 1.29 is 4.79 Å². The molecule has 0 atom stereocenters. The molecular weight excluding hydrogens is 232 g/mol. The Balaban J connectivity index is 1.63. The minimum absolute atomic E-state index is 0.263. The van der Waals surface area contributed by atoms with E-state index in [2.05, 4.69) is 11.6 Å². The highest BCUT2D eigenvalue weighted by Gasteiger charge is 2.29. The van der Waals surface area contributed by atoms with Crippen LogP contribution in [0.1, 0.15) is 38.5 Å². The van der Waals surface area contributed by atoms with E-state index in [-0.39, 0.29) is 5.91 Å². The van der Waals surface area contributed by atoms with Crippen molar-refractivity contribution >= 4 is 17.7 Å². The number of nitrogens with zero attached hydrogens (tertiary/aromatic N) is 1. The lowest BCUT2D eigenvalue weighted by molar-refractivity contribution is -0.129. The molecule has 4 heteroatoms. The SMILES string of the molecule is CSC1CCC(NCC(=O)N(C)C2CC2)CC1. The molecule has 0 aromatic heterocycles. The van der Waals surface area contributed by atoms with Gasteiger partial charge in [-0.3, -0.25) is 4.79 Å². The molecule has 0 saturated heterocycles. The summed E-state index contributed by atoms with van der Waals surface area (Å²) in [6, 6.07) is 1.10. The van der Waals surface area contributed by atoms with Crippen molar-refractivity contribution in [3.63, 3.8) is 0 Å². The van der Waals surface area contributed by atoms with E-state index < -0.39 is 0 Å². The fraction of sp³-hybridized carbons (Fsp3) is 0.923. The second-order valence-electron chi connectivity index (χ2n) is 5.33. The summed E-state index contributed by atoms with van der Waals surface area (Å²) in [5, 5.41) is 4.27. The average Bonchev–Trinajstić information content (AvgIpc) is 3.20. The second kappa shape index (κ2) is 6.10. The monoisotopic (exact) mass is 256 g/mol. The van der Waals surface area contributed by atoms with Gasteiger partial charge < -0.3 is 10.2 Å². The molecular formula is C13H24N2OS. The smallest absolute Gasteiger partial charge is 0.236 e. The highest BCUT2D eigenvalue weighted by Crippen LogP contribution is 2.27. The van der Waals surface area contributed by atoms with Crippen LogP contribution >= 0.6 is 11.8 Å². The van der Waals surface area contributed by atoms with Gasteiger partial charge in [0.2, 0.25) is 5.91 Å². The molecule has 0 aromatic carbocycles.